The first-order valence-corrected chi connectivity index (χ1v) is 8.90. The lowest BCUT2D eigenvalue weighted by molar-refractivity contribution is 0.0190. The van der Waals surface area contributed by atoms with Gasteiger partial charge in [0.05, 0.1) is 5.54 Å². The smallest absolute Gasteiger partial charge is 0.410 e. The molecular weight excluding hydrogens is 355 g/mol. The van der Waals surface area contributed by atoms with Gasteiger partial charge in [0.25, 0.3) is 0 Å². The van der Waals surface area contributed by atoms with Gasteiger partial charge >= 0.3 is 6.09 Å². The fourth-order valence-corrected chi connectivity index (χ4v) is 3.31. The number of hydrogen-bond acceptors (Lipinski definition) is 3. The van der Waals surface area contributed by atoms with Crippen LogP contribution in [0.25, 0.3) is 11.1 Å². The van der Waals surface area contributed by atoms with Crippen molar-refractivity contribution in [2.75, 3.05) is 7.05 Å². The maximum atomic E-state index is 14.3. The Morgan fingerprint density at radius 2 is 1.96 bits per heavy atom. The molecule has 1 amide bonds. The molecule has 1 aliphatic carbocycles. The summed E-state index contributed by atoms with van der Waals surface area (Å²) in [4.78, 5) is 17.9. The number of aromatic nitrogens is 1. The Kier molecular flexibility index (Phi) is 4.69. The van der Waals surface area contributed by atoms with Crippen LogP contribution in [0.15, 0.2) is 36.5 Å². The zero-order chi connectivity index (χ0) is 19.1. The minimum atomic E-state index is -0.584. The van der Waals surface area contributed by atoms with Gasteiger partial charge in [-0.15, -0.1) is 0 Å². The predicted octanol–water partition coefficient (Wildman–Crippen LogP) is 5.40. The second-order valence-electron chi connectivity index (χ2n) is 7.60. The highest BCUT2D eigenvalue weighted by Gasteiger charge is 2.52. The van der Waals surface area contributed by atoms with Crippen LogP contribution in [0.1, 0.15) is 39.2 Å². The molecule has 1 aliphatic rings. The molecule has 0 saturated heterocycles. The summed E-state index contributed by atoms with van der Waals surface area (Å²) < 4.78 is 19.8. The first-order chi connectivity index (χ1) is 12.1. The average Bonchev–Trinajstić information content (AvgIpc) is 3.34. The van der Waals surface area contributed by atoms with E-state index in [9.17, 15) is 9.18 Å². The van der Waals surface area contributed by atoms with E-state index in [1.54, 1.807) is 36.2 Å². The summed E-state index contributed by atoms with van der Waals surface area (Å²) >= 11 is 6.17. The zero-order valence-electron chi connectivity index (χ0n) is 15.3. The number of rotatable bonds is 3. The van der Waals surface area contributed by atoms with Crippen molar-refractivity contribution in [3.05, 3.63) is 53.1 Å². The van der Waals surface area contributed by atoms with Crippen LogP contribution >= 0.6 is 11.6 Å². The van der Waals surface area contributed by atoms with Gasteiger partial charge in [0, 0.05) is 23.8 Å². The van der Waals surface area contributed by atoms with Gasteiger partial charge in [-0.1, -0.05) is 17.7 Å². The molecule has 0 aliphatic heterocycles. The zero-order valence-corrected chi connectivity index (χ0v) is 16.1. The largest absolute Gasteiger partial charge is 0.444 e. The molecule has 26 heavy (non-hydrogen) atoms. The van der Waals surface area contributed by atoms with E-state index in [-0.39, 0.29) is 0 Å². The van der Waals surface area contributed by atoms with E-state index in [1.165, 1.54) is 6.20 Å². The molecule has 4 nitrogen and oxygen atoms in total. The maximum Gasteiger partial charge on any atom is 0.410 e. The van der Waals surface area contributed by atoms with Gasteiger partial charge in [0.1, 0.15) is 5.60 Å². The molecule has 0 bridgehead atoms. The molecule has 1 aromatic carbocycles. The minimum absolute atomic E-state index is 0.369. The second kappa shape index (κ2) is 6.54. The Morgan fingerprint density at radius 3 is 2.54 bits per heavy atom. The van der Waals surface area contributed by atoms with Crippen molar-refractivity contribution in [2.24, 2.45) is 0 Å². The van der Waals surface area contributed by atoms with Gasteiger partial charge in [-0.25, -0.2) is 9.78 Å². The molecule has 138 valence electrons. The topological polar surface area (TPSA) is 42.4 Å². The quantitative estimate of drug-likeness (QED) is 0.674. The van der Waals surface area contributed by atoms with E-state index in [0.29, 0.717) is 16.1 Å². The average molecular weight is 377 g/mol. The number of nitrogens with zero attached hydrogens (tertiary/aromatic N) is 2. The summed E-state index contributed by atoms with van der Waals surface area (Å²) in [6.45, 7) is 5.49. The number of pyridine rings is 1. The maximum absolute atomic E-state index is 14.3. The van der Waals surface area contributed by atoms with Gasteiger partial charge in [-0.05, 0) is 69.0 Å². The third-order valence-electron chi connectivity index (χ3n) is 4.57. The van der Waals surface area contributed by atoms with Crippen LogP contribution in [0.5, 0.6) is 0 Å². The van der Waals surface area contributed by atoms with Crippen LogP contribution in [0, 0.1) is 5.95 Å². The van der Waals surface area contributed by atoms with E-state index in [1.807, 2.05) is 26.8 Å². The molecule has 1 heterocycles. The fourth-order valence-electron chi connectivity index (χ4n) is 3.14. The van der Waals surface area contributed by atoms with Crippen molar-refractivity contribution < 1.29 is 13.9 Å². The molecule has 0 radical (unpaired) electrons. The monoisotopic (exact) mass is 376 g/mol. The summed E-state index contributed by atoms with van der Waals surface area (Å²) in [5.74, 6) is -0.563. The van der Waals surface area contributed by atoms with Crippen LogP contribution in [-0.2, 0) is 10.3 Å². The summed E-state index contributed by atoms with van der Waals surface area (Å²) in [5.41, 5.74) is 0.761. The summed E-state index contributed by atoms with van der Waals surface area (Å²) in [5, 5.41) is 0.503. The number of amides is 1. The Labute approximate surface area is 157 Å². The Hall–Kier alpha value is -2.14. The highest BCUT2D eigenvalue weighted by molar-refractivity contribution is 6.30. The molecule has 0 unspecified atom stereocenters. The molecule has 1 aromatic heterocycles. The third kappa shape index (κ3) is 3.54. The molecule has 2 aromatic rings. The lowest BCUT2D eigenvalue weighted by Crippen LogP contribution is -2.41. The van der Waals surface area contributed by atoms with E-state index in [2.05, 4.69) is 4.98 Å². The van der Waals surface area contributed by atoms with Crippen LogP contribution in [-0.4, -0.2) is 28.6 Å². The summed E-state index contributed by atoms with van der Waals surface area (Å²) in [6.07, 6.45) is 2.56. The molecule has 6 heteroatoms. The molecule has 1 saturated carbocycles. The van der Waals surface area contributed by atoms with Crippen molar-refractivity contribution in [2.45, 2.75) is 44.8 Å². The number of benzene rings is 1. The Balaban J connectivity index is 2.04. The van der Waals surface area contributed by atoms with Crippen molar-refractivity contribution in [1.29, 1.82) is 0 Å². The summed E-state index contributed by atoms with van der Waals surface area (Å²) in [7, 11) is 1.72. The summed E-state index contributed by atoms with van der Waals surface area (Å²) in [6, 6.07) is 8.69. The third-order valence-corrected chi connectivity index (χ3v) is 4.80. The second-order valence-corrected chi connectivity index (χ2v) is 8.04. The molecular formula is C20H22ClFN2O2. The molecule has 0 spiro atoms. The van der Waals surface area contributed by atoms with E-state index >= 15 is 0 Å². The molecule has 1 fully saturated rings. The van der Waals surface area contributed by atoms with Gasteiger partial charge in [0.15, 0.2) is 0 Å². The Morgan fingerprint density at radius 1 is 1.27 bits per heavy atom. The Bertz CT molecular complexity index is 844. The number of hydrogen-bond donors (Lipinski definition) is 0. The van der Waals surface area contributed by atoms with Crippen LogP contribution in [0.4, 0.5) is 9.18 Å². The highest BCUT2D eigenvalue weighted by Crippen LogP contribution is 2.53. The van der Waals surface area contributed by atoms with E-state index in [0.717, 1.165) is 18.4 Å². The molecule has 3 rings (SSSR count). The standard InChI is InChI=1S/C20H22ClFN2O2/c1-19(2,3)26-18(25)24(4)20(9-10-20)16-8-7-13(21)12-15(16)14-6-5-11-23-17(14)22/h5-8,11-12H,9-10H2,1-4H3. The van der Waals surface area contributed by atoms with Gasteiger partial charge in [-0.2, -0.15) is 4.39 Å². The van der Waals surface area contributed by atoms with Crippen molar-refractivity contribution in [1.82, 2.24) is 9.88 Å². The molecule has 0 atom stereocenters. The number of ether oxygens (including phenoxy) is 1. The molecule has 0 N–H and O–H groups in total. The number of carbonyl (C=O) groups excluding carboxylic acids is 1. The van der Waals surface area contributed by atoms with Gasteiger partial charge in [0.2, 0.25) is 5.95 Å². The predicted molar refractivity (Wildman–Crippen MR) is 99.6 cm³/mol. The lowest BCUT2D eigenvalue weighted by atomic mass is 9.93. The first-order valence-electron chi connectivity index (χ1n) is 8.52. The van der Waals surface area contributed by atoms with Gasteiger partial charge < -0.3 is 9.64 Å². The van der Waals surface area contributed by atoms with Crippen molar-refractivity contribution in [3.8, 4) is 11.1 Å². The first kappa shape index (κ1) is 18.6. The normalized spacial score (nSPS) is 15.5. The van der Waals surface area contributed by atoms with Crippen LogP contribution in [0.2, 0.25) is 5.02 Å². The number of carbonyl (C=O) groups is 1. The van der Waals surface area contributed by atoms with Crippen LogP contribution in [0.3, 0.4) is 0 Å². The SMILES string of the molecule is CN(C(=O)OC(C)(C)C)C1(c2ccc(Cl)cc2-c2cccnc2F)CC1. The number of halogens is 2. The minimum Gasteiger partial charge on any atom is -0.444 e. The van der Waals surface area contributed by atoms with Gasteiger partial charge in [-0.3, -0.25) is 0 Å². The highest BCUT2D eigenvalue weighted by atomic mass is 35.5. The van der Waals surface area contributed by atoms with E-state index < -0.39 is 23.2 Å². The lowest BCUT2D eigenvalue weighted by Gasteiger charge is -2.32. The van der Waals surface area contributed by atoms with E-state index in [4.69, 9.17) is 16.3 Å². The van der Waals surface area contributed by atoms with Crippen LogP contribution < -0.4 is 0 Å². The van der Waals surface area contributed by atoms with Crippen molar-refractivity contribution >= 4 is 17.7 Å². The fraction of sp³-hybridized carbons (Fsp3) is 0.400. The van der Waals surface area contributed by atoms with Crippen molar-refractivity contribution in [3.63, 3.8) is 0 Å².